The molecule has 2 heterocycles. The van der Waals surface area contributed by atoms with Crippen molar-refractivity contribution in [2.45, 2.75) is 18.9 Å². The van der Waals surface area contributed by atoms with Gasteiger partial charge >= 0.3 is 5.63 Å². The number of fused-ring (bicyclic) bond motifs is 1. The summed E-state index contributed by atoms with van der Waals surface area (Å²) in [5, 5.41) is 0.413. The van der Waals surface area contributed by atoms with Crippen LogP contribution in [-0.4, -0.2) is 24.0 Å². The smallest absolute Gasteiger partial charge is 0.347 e. The molecule has 6 nitrogen and oxygen atoms in total. The van der Waals surface area contributed by atoms with Crippen LogP contribution >= 0.6 is 23.3 Å². The second kappa shape index (κ2) is 7.32. The van der Waals surface area contributed by atoms with Gasteiger partial charge in [-0.1, -0.05) is 28.1 Å². The molecule has 3 aromatic rings. The van der Waals surface area contributed by atoms with E-state index in [1.54, 1.807) is 18.2 Å². The van der Waals surface area contributed by atoms with Crippen LogP contribution in [0.5, 0.6) is 0 Å². The molecule has 1 aliphatic rings. The number of nitrogens with zero attached hydrogens (tertiary/aromatic N) is 1. The van der Waals surface area contributed by atoms with Gasteiger partial charge in [0.05, 0.1) is 30.3 Å². The minimum Gasteiger partial charge on any atom is -0.403 e. The lowest BCUT2D eigenvalue weighted by Crippen LogP contribution is -2.03. The first-order chi connectivity index (χ1) is 13.0. The average Bonchev–Trinajstić information content (AvgIpc) is 3.48. The normalized spacial score (nSPS) is 18.4. The fraction of sp³-hybridized carbons (Fsp3) is 0.263. The molecule has 0 aliphatic carbocycles. The van der Waals surface area contributed by atoms with Crippen molar-refractivity contribution < 1.29 is 18.2 Å². The summed E-state index contributed by atoms with van der Waals surface area (Å²) in [6.07, 6.45) is 0.268. The fourth-order valence-corrected chi connectivity index (χ4v) is 5.45. The van der Waals surface area contributed by atoms with Crippen molar-refractivity contribution in [2.24, 2.45) is 0 Å². The Bertz CT molecular complexity index is 1110. The fourth-order valence-electron chi connectivity index (χ4n) is 2.94. The molecule has 1 fully saturated rings. The minimum absolute atomic E-state index is 0.227. The van der Waals surface area contributed by atoms with Crippen LogP contribution in [0, 0.1) is 0 Å². The molecule has 1 aliphatic heterocycles. The van der Waals surface area contributed by atoms with Gasteiger partial charge in [0.15, 0.2) is 5.85 Å². The van der Waals surface area contributed by atoms with E-state index in [1.165, 1.54) is 0 Å². The first-order valence-electron chi connectivity index (χ1n) is 8.53. The van der Waals surface area contributed by atoms with Crippen molar-refractivity contribution in [2.75, 3.05) is 13.2 Å². The molecule has 0 amide bonds. The SMILES string of the molecule is CCOP(=O)(Cc1cccc(-c2nc3ccc(Br)cc3c(=O)o2)c1)C1CO1. The van der Waals surface area contributed by atoms with E-state index in [0.29, 0.717) is 29.7 Å². The van der Waals surface area contributed by atoms with E-state index in [2.05, 4.69) is 20.9 Å². The molecule has 0 N–H and O–H groups in total. The number of rotatable bonds is 6. The van der Waals surface area contributed by atoms with Crippen molar-refractivity contribution in [3.8, 4) is 11.5 Å². The summed E-state index contributed by atoms with van der Waals surface area (Å²) in [7, 11) is -2.91. The first-order valence-corrected chi connectivity index (χ1v) is 11.2. The number of halogens is 1. The van der Waals surface area contributed by atoms with Gasteiger partial charge in [-0.2, -0.15) is 0 Å². The topological polar surface area (TPSA) is 81.9 Å². The van der Waals surface area contributed by atoms with Gasteiger partial charge in [0.2, 0.25) is 13.3 Å². The Kier molecular flexibility index (Phi) is 5.03. The molecule has 0 spiro atoms. The second-order valence-corrected chi connectivity index (χ2v) is 9.78. The van der Waals surface area contributed by atoms with E-state index < -0.39 is 13.0 Å². The predicted octanol–water partition coefficient (Wildman–Crippen LogP) is 4.79. The molecule has 2 atom stereocenters. The summed E-state index contributed by atoms with van der Waals surface area (Å²) in [6, 6.07) is 12.6. The molecular weight excluding hydrogens is 433 g/mol. The van der Waals surface area contributed by atoms with Crippen molar-refractivity contribution in [3.63, 3.8) is 0 Å². The van der Waals surface area contributed by atoms with Crippen LogP contribution in [0.2, 0.25) is 0 Å². The van der Waals surface area contributed by atoms with Gasteiger partial charge in [0.1, 0.15) is 0 Å². The highest BCUT2D eigenvalue weighted by Crippen LogP contribution is 2.59. The largest absolute Gasteiger partial charge is 0.403 e. The van der Waals surface area contributed by atoms with Gasteiger partial charge < -0.3 is 13.7 Å². The summed E-state index contributed by atoms with van der Waals surface area (Å²) in [6.45, 7) is 2.65. The summed E-state index contributed by atoms with van der Waals surface area (Å²) >= 11 is 3.34. The molecule has 1 aromatic heterocycles. The van der Waals surface area contributed by atoms with Crippen molar-refractivity contribution in [1.82, 2.24) is 4.98 Å². The van der Waals surface area contributed by atoms with Gasteiger partial charge in [0.25, 0.3) is 0 Å². The van der Waals surface area contributed by atoms with Crippen LogP contribution in [0.3, 0.4) is 0 Å². The summed E-state index contributed by atoms with van der Waals surface area (Å²) < 4.78 is 30.0. The lowest BCUT2D eigenvalue weighted by atomic mass is 10.1. The van der Waals surface area contributed by atoms with Gasteiger partial charge in [-0.15, -0.1) is 0 Å². The Labute approximate surface area is 164 Å². The Hall–Kier alpha value is -1.79. The van der Waals surface area contributed by atoms with Crippen LogP contribution in [0.1, 0.15) is 12.5 Å². The lowest BCUT2D eigenvalue weighted by molar-refractivity contribution is 0.315. The number of epoxide rings is 1. The van der Waals surface area contributed by atoms with Crippen molar-refractivity contribution in [1.29, 1.82) is 0 Å². The van der Waals surface area contributed by atoms with Crippen LogP contribution in [-0.2, 0) is 20.0 Å². The third kappa shape index (κ3) is 3.92. The van der Waals surface area contributed by atoms with Crippen molar-refractivity contribution >= 4 is 34.2 Å². The average molecular weight is 450 g/mol. The Morgan fingerprint density at radius 2 is 2.11 bits per heavy atom. The van der Waals surface area contributed by atoms with Crippen LogP contribution < -0.4 is 5.63 Å². The monoisotopic (exact) mass is 449 g/mol. The Morgan fingerprint density at radius 3 is 2.85 bits per heavy atom. The lowest BCUT2D eigenvalue weighted by Gasteiger charge is -2.16. The standard InChI is InChI=1S/C19H17BrNO5P/c1-2-25-27(23,17-10-24-17)11-12-4-3-5-13(8-12)18-21-16-7-6-14(20)9-15(16)19(22)26-18/h3-9,17H,2,10-11H2,1H3. The molecule has 4 rings (SSSR count). The van der Waals surface area contributed by atoms with Gasteiger partial charge in [-0.25, -0.2) is 9.78 Å². The molecule has 8 heteroatoms. The summed E-state index contributed by atoms with van der Waals surface area (Å²) in [5.41, 5.74) is 1.57. The number of ether oxygens (including phenoxy) is 1. The maximum Gasteiger partial charge on any atom is 0.347 e. The van der Waals surface area contributed by atoms with E-state index >= 15 is 0 Å². The molecule has 140 valence electrons. The van der Waals surface area contributed by atoms with Gasteiger partial charge in [0, 0.05) is 10.0 Å². The van der Waals surface area contributed by atoms with E-state index in [0.717, 1.165) is 10.0 Å². The zero-order valence-electron chi connectivity index (χ0n) is 14.6. The first kappa shape index (κ1) is 18.6. The number of aromatic nitrogens is 1. The molecule has 1 saturated heterocycles. The molecule has 0 bridgehead atoms. The molecule has 0 saturated carbocycles. The van der Waals surface area contributed by atoms with Crippen LogP contribution in [0.25, 0.3) is 22.4 Å². The van der Waals surface area contributed by atoms with E-state index in [1.807, 2.05) is 31.2 Å². The highest BCUT2D eigenvalue weighted by atomic mass is 79.9. The maximum absolute atomic E-state index is 13.0. The van der Waals surface area contributed by atoms with Crippen LogP contribution in [0.4, 0.5) is 0 Å². The molecule has 2 aromatic carbocycles. The van der Waals surface area contributed by atoms with E-state index in [-0.39, 0.29) is 17.9 Å². The quantitative estimate of drug-likeness (QED) is 0.397. The Morgan fingerprint density at radius 1 is 1.30 bits per heavy atom. The minimum atomic E-state index is -2.91. The zero-order valence-corrected chi connectivity index (χ0v) is 17.0. The maximum atomic E-state index is 13.0. The van der Waals surface area contributed by atoms with Gasteiger partial charge in [-0.05, 0) is 42.8 Å². The highest BCUT2D eigenvalue weighted by molar-refractivity contribution is 9.10. The predicted molar refractivity (Wildman–Crippen MR) is 106 cm³/mol. The highest BCUT2D eigenvalue weighted by Gasteiger charge is 2.43. The zero-order chi connectivity index (χ0) is 19.0. The second-order valence-electron chi connectivity index (χ2n) is 6.26. The molecular formula is C19H17BrNO5P. The third-order valence-corrected chi connectivity index (χ3v) is 7.44. The number of benzene rings is 2. The molecule has 2 unspecified atom stereocenters. The number of hydrogen-bond donors (Lipinski definition) is 0. The Balaban J connectivity index is 1.70. The van der Waals surface area contributed by atoms with E-state index in [4.69, 9.17) is 13.7 Å². The van der Waals surface area contributed by atoms with Crippen molar-refractivity contribution in [3.05, 3.63) is 62.9 Å². The van der Waals surface area contributed by atoms with Gasteiger partial charge in [-0.3, -0.25) is 4.57 Å². The van der Waals surface area contributed by atoms with Crippen LogP contribution in [0.15, 0.2) is 56.1 Å². The number of hydrogen-bond acceptors (Lipinski definition) is 6. The third-order valence-electron chi connectivity index (χ3n) is 4.27. The molecule has 27 heavy (non-hydrogen) atoms. The summed E-state index contributed by atoms with van der Waals surface area (Å²) in [5.74, 6) is -0.0955. The summed E-state index contributed by atoms with van der Waals surface area (Å²) in [4.78, 5) is 16.8. The molecule has 0 radical (unpaired) electrons. The van der Waals surface area contributed by atoms with E-state index in [9.17, 15) is 9.36 Å².